The van der Waals surface area contributed by atoms with Crippen molar-refractivity contribution >= 4 is 0 Å². The largest absolute Gasteiger partial charge is 0.0776 e. The van der Waals surface area contributed by atoms with Crippen LogP contribution in [0.4, 0.5) is 0 Å². The molecular formula is C31H94. The molecule has 0 heterocycles. The van der Waals surface area contributed by atoms with E-state index in [1.54, 1.807) is 0 Å². The molecule has 0 aromatic heterocycles. The Morgan fingerprint density at radius 1 is 0.484 bits per heavy atom. The topological polar surface area (TPSA) is 0 Å². The second-order valence-electron chi connectivity index (χ2n) is 2.92. The van der Waals surface area contributed by atoms with E-state index in [4.69, 9.17) is 5.71 Å². The van der Waals surface area contributed by atoms with Gasteiger partial charge in [-0.05, 0) is 5.92 Å². The predicted molar refractivity (Wildman–Crippen MR) is 177 cm³/mol. The standard InChI is InChI=1S/C6H14.C4H10.9C2H6.3CH4.2H2/c1-4-6(3)5-2;1-3-4-2;9*1-2;;;;;/h6H,4-5H2,1-3H3;3-4H2,1-2H3;9*1-2H3;3*1H4;2*1H/i;;;;;;;;;;;1T2;;;1+2T;1+2. The van der Waals surface area contributed by atoms with Gasteiger partial charge in [0.15, 0.2) is 0 Å². The van der Waals surface area contributed by atoms with Crippen LogP contribution in [0.1, 0.15) is 214 Å². The molecule has 0 N–H and O–H groups in total. The highest BCUT2D eigenvalue weighted by molar-refractivity contribution is 4.41. The summed E-state index contributed by atoms with van der Waals surface area (Å²) in [5, 5.41) is 0. The fraction of sp³-hybridized carbons (Fsp3) is 1.00. The Hall–Kier alpha value is 0. The van der Waals surface area contributed by atoms with Crippen molar-refractivity contribution in [3.05, 3.63) is 0 Å². The molecule has 0 aromatic rings. The minimum absolute atomic E-state index is 0. The highest BCUT2D eigenvalue weighted by Crippen LogP contribution is 2.02. The van der Waals surface area contributed by atoms with Gasteiger partial charge in [-0.3, -0.25) is 0 Å². The zero-order valence-electron chi connectivity index (χ0n) is 31.1. The first-order valence-corrected chi connectivity index (χ1v) is 13.7. The van der Waals surface area contributed by atoms with Gasteiger partial charge in [0.1, 0.15) is 0 Å². The minimum atomic E-state index is -0.250. The van der Waals surface area contributed by atoms with Gasteiger partial charge in [-0.2, -0.15) is 0 Å². The van der Waals surface area contributed by atoms with Crippen LogP contribution in [0.15, 0.2) is 0 Å². The zero-order valence-corrected chi connectivity index (χ0v) is 27.1. The minimum Gasteiger partial charge on any atom is -0.0776 e. The fourth-order valence-electron chi connectivity index (χ4n) is 0.289. The highest BCUT2D eigenvalue weighted by Gasteiger charge is 1.88. The first-order chi connectivity index (χ1) is 16.1. The Kier molecular flexibility index (Phi) is 1160. The quantitative estimate of drug-likeness (QED) is 0.379. The maximum atomic E-state index is 5.88. The van der Waals surface area contributed by atoms with Crippen LogP contribution >= 0.6 is 0 Å². The second kappa shape index (κ2) is 515. The predicted octanol–water partition coefficient (Wildman–Crippen LogP) is 15.9. The van der Waals surface area contributed by atoms with Gasteiger partial charge in [0.05, 0.1) is 0 Å². The first kappa shape index (κ1) is 69.8. The Bertz CT molecular complexity index is 62.9. The third-order valence-electron chi connectivity index (χ3n) is 1.89. The van der Waals surface area contributed by atoms with E-state index in [1.165, 1.54) is 25.7 Å². The summed E-state index contributed by atoms with van der Waals surface area (Å²) in [6.07, 6.45) is 5.30. The smallest absolute Gasteiger partial charge is 0.0194 e. The van der Waals surface area contributed by atoms with Gasteiger partial charge in [-0.25, -0.2) is 0 Å². The van der Waals surface area contributed by atoms with Crippen LogP contribution in [0.5, 0.6) is 0 Å². The van der Waals surface area contributed by atoms with Crippen LogP contribution < -0.4 is 0 Å². The van der Waals surface area contributed by atoms with Crippen molar-refractivity contribution in [2.75, 3.05) is 0 Å². The van der Waals surface area contributed by atoms with Gasteiger partial charge >= 0.3 is 0 Å². The Morgan fingerprint density at radius 2 is 0.581 bits per heavy atom. The van der Waals surface area contributed by atoms with Gasteiger partial charge in [-0.15, -0.1) is 0 Å². The summed E-state index contributed by atoms with van der Waals surface area (Å²) in [5.41, 5.74) is 0. The molecule has 0 fully saturated rings. The van der Waals surface area contributed by atoms with Crippen LogP contribution in [0.3, 0.4) is 0 Å². The van der Waals surface area contributed by atoms with Crippen LogP contribution in [-0.4, -0.2) is 0 Å². The summed E-state index contributed by atoms with van der Waals surface area (Å²) >= 11 is 0. The number of unbranched alkanes of at least 4 members (excludes halogenated alkanes) is 1. The van der Waals surface area contributed by atoms with Gasteiger partial charge < -0.3 is 0 Å². The second-order valence-corrected chi connectivity index (χ2v) is 2.92. The Balaban J connectivity index is -0.00000000879. The fourth-order valence-corrected chi connectivity index (χ4v) is 0.289. The molecule has 0 bridgehead atoms. The summed E-state index contributed by atoms with van der Waals surface area (Å²) in [7, 11) is -0.250. The molecule has 0 radical (unpaired) electrons. The van der Waals surface area contributed by atoms with Gasteiger partial charge in [0, 0.05) is 7.14 Å². The average Bonchev–Trinajstić information content (AvgIpc) is 2.99. The van der Waals surface area contributed by atoms with Crippen molar-refractivity contribution in [2.45, 2.75) is 207 Å². The average molecular weight is 477 g/mol. The van der Waals surface area contributed by atoms with E-state index in [0.29, 0.717) is 0 Å². The molecule has 0 rings (SSSR count). The van der Waals surface area contributed by atoms with E-state index in [9.17, 15) is 0 Å². The molecule has 0 aromatic carbocycles. The highest BCUT2D eigenvalue weighted by atomic mass is 13.9. The summed E-state index contributed by atoms with van der Waals surface area (Å²) < 4.78 is 21.8. The van der Waals surface area contributed by atoms with Crippen molar-refractivity contribution in [1.82, 2.24) is 0 Å². The van der Waals surface area contributed by atoms with E-state index < -0.39 is 0 Å². The van der Waals surface area contributed by atoms with E-state index in [1.807, 2.05) is 125 Å². The summed E-state index contributed by atoms with van der Waals surface area (Å²) in [6.45, 7) is 47.1. The Labute approximate surface area is 220 Å². The molecule has 0 saturated heterocycles. The zero-order chi connectivity index (χ0) is 31.1. The summed E-state index contributed by atoms with van der Waals surface area (Å²) in [4.78, 5) is 0. The molecule has 0 aliphatic rings. The van der Waals surface area contributed by atoms with Gasteiger partial charge in [0.25, 0.3) is 0 Å². The molecule has 0 unspecified atom stereocenters. The molecule has 218 valence electrons. The molecule has 0 aliphatic carbocycles. The monoisotopic (exact) mass is 477 g/mol. The van der Waals surface area contributed by atoms with Crippen LogP contribution in [0.2, 0.25) is 0 Å². The maximum absolute atomic E-state index is 5.88. The van der Waals surface area contributed by atoms with Crippen LogP contribution in [0.25, 0.3) is 0 Å². The van der Waals surface area contributed by atoms with Gasteiger partial charge in [0.2, 0.25) is 0 Å². The molecule has 0 spiro atoms. The number of hydrogen-bond donors (Lipinski definition) is 0. The molecule has 0 aliphatic heterocycles. The molecule has 31 heavy (non-hydrogen) atoms. The lowest BCUT2D eigenvalue weighted by Gasteiger charge is -1.98. The molecular weight excluding hydrogens is 372 g/mol. The third kappa shape index (κ3) is 941. The molecule has 0 nitrogen and oxygen atoms in total. The van der Waals surface area contributed by atoms with Crippen molar-refractivity contribution in [2.24, 2.45) is 5.92 Å². The number of rotatable bonds is 3. The summed E-state index contributed by atoms with van der Waals surface area (Å²) in [5.74, 6) is 0.935. The Morgan fingerprint density at radius 3 is 0.581 bits per heavy atom. The molecule has 0 atom stereocenters. The summed E-state index contributed by atoms with van der Waals surface area (Å²) in [6, 6.07) is 0. The third-order valence-corrected chi connectivity index (χ3v) is 1.89. The van der Waals surface area contributed by atoms with E-state index in [2.05, 4.69) is 34.6 Å². The molecule has 0 heteroatoms. The maximum Gasteiger partial charge on any atom is 0.0194 e. The van der Waals surface area contributed by atoms with Crippen LogP contribution in [0, 0.1) is 5.92 Å². The lowest BCUT2D eigenvalue weighted by molar-refractivity contribution is 0.544. The van der Waals surface area contributed by atoms with Crippen molar-refractivity contribution in [3.63, 3.8) is 0 Å². The molecule has 0 saturated carbocycles. The first-order valence-electron chi connectivity index (χ1n) is 16.1. The number of hydrogen-bond acceptors (Lipinski definition) is 0. The van der Waals surface area contributed by atoms with Crippen LogP contribution in [-0.2, 0) is 0 Å². The van der Waals surface area contributed by atoms with Crippen molar-refractivity contribution < 1.29 is 7.14 Å². The lowest BCUT2D eigenvalue weighted by atomic mass is 10.1. The molecule has 0 amide bonds. The van der Waals surface area contributed by atoms with Crippen molar-refractivity contribution in [3.8, 4) is 0 Å². The van der Waals surface area contributed by atoms with Gasteiger partial charge in [-0.1, -0.05) is 207 Å². The van der Waals surface area contributed by atoms with E-state index >= 15 is 0 Å². The normalized spacial score (nSPS) is 5.55. The van der Waals surface area contributed by atoms with E-state index in [0.717, 1.165) is 5.92 Å². The van der Waals surface area contributed by atoms with E-state index in [-0.39, 0.29) is 23.7 Å². The van der Waals surface area contributed by atoms with Crippen molar-refractivity contribution in [1.29, 1.82) is 0 Å². The lowest BCUT2D eigenvalue weighted by Crippen LogP contribution is -1.85. The SMILES string of the molecule is C.C.CC.CC.CC.CC.CC.CC.CC.CC.CC.CCC(C)CC.CCCC.[3HH].[3H]C[3H].[3H][3H].